The molecule has 0 aromatic carbocycles. The van der Waals surface area contributed by atoms with Crippen LogP contribution in [0, 0.1) is 11.8 Å². The van der Waals surface area contributed by atoms with Gasteiger partial charge in [0.2, 0.25) is 0 Å². The second-order valence-electron chi connectivity index (χ2n) is 4.24. The third-order valence-corrected chi connectivity index (χ3v) is 3.57. The number of hydrogen-bond acceptors (Lipinski definition) is 3. The first-order chi connectivity index (χ1) is 5.81. The van der Waals surface area contributed by atoms with Gasteiger partial charge < -0.3 is 9.47 Å². The Morgan fingerprint density at radius 2 is 1.42 bits per heavy atom. The van der Waals surface area contributed by atoms with Crippen LogP contribution >= 0.6 is 12.2 Å². The molecule has 66 valence electrons. The third-order valence-electron chi connectivity index (χ3n) is 3.37. The number of rotatable bonds is 0. The molecule has 0 aromatic rings. The summed E-state index contributed by atoms with van der Waals surface area (Å²) < 4.78 is 10.9. The van der Waals surface area contributed by atoms with E-state index in [1.54, 1.807) is 0 Å². The molecule has 3 aliphatic carbocycles. The van der Waals surface area contributed by atoms with Crippen molar-refractivity contribution >= 4 is 17.5 Å². The van der Waals surface area contributed by atoms with E-state index in [0.29, 0.717) is 5.24 Å². The average molecular weight is 184 g/mol. The Hall–Kier alpha value is -0.310. The Bertz CT molecular complexity index is 203. The highest BCUT2D eigenvalue weighted by Crippen LogP contribution is 2.46. The quantitative estimate of drug-likeness (QED) is 0.535. The topological polar surface area (TPSA) is 18.5 Å². The van der Waals surface area contributed by atoms with Gasteiger partial charge in [0.15, 0.2) is 0 Å². The highest BCUT2D eigenvalue weighted by Gasteiger charge is 2.45. The molecule has 2 atom stereocenters. The van der Waals surface area contributed by atoms with Crippen molar-refractivity contribution in [1.82, 2.24) is 0 Å². The average Bonchev–Trinajstić information content (AvgIpc) is 2.15. The van der Waals surface area contributed by atoms with E-state index in [4.69, 9.17) is 21.7 Å². The normalized spacial score (nSPS) is 49.8. The van der Waals surface area contributed by atoms with Gasteiger partial charge in [-0.3, -0.25) is 0 Å². The molecule has 2 nitrogen and oxygen atoms in total. The minimum absolute atomic E-state index is 0.287. The van der Waals surface area contributed by atoms with Gasteiger partial charge in [-0.05, 0) is 37.5 Å². The molecule has 0 aromatic heterocycles. The van der Waals surface area contributed by atoms with Crippen LogP contribution in [0.3, 0.4) is 0 Å². The van der Waals surface area contributed by atoms with Crippen molar-refractivity contribution in [1.29, 1.82) is 0 Å². The second kappa shape index (κ2) is 2.34. The van der Waals surface area contributed by atoms with Gasteiger partial charge in [0.1, 0.15) is 12.2 Å². The smallest absolute Gasteiger partial charge is 0.353 e. The number of thiocarbonyl (C=S) groups is 1. The molecule has 0 spiro atoms. The molecule has 1 saturated heterocycles. The summed E-state index contributed by atoms with van der Waals surface area (Å²) in [6.07, 6.45) is 5.70. The van der Waals surface area contributed by atoms with Crippen molar-refractivity contribution in [2.75, 3.05) is 0 Å². The van der Waals surface area contributed by atoms with Gasteiger partial charge in [0.05, 0.1) is 0 Å². The maximum absolute atomic E-state index is 5.45. The number of hydrogen-bond donors (Lipinski definition) is 0. The predicted octanol–water partition coefficient (Wildman–Crippen LogP) is 1.88. The Morgan fingerprint density at radius 3 is 1.92 bits per heavy atom. The molecule has 4 aliphatic rings. The summed E-state index contributed by atoms with van der Waals surface area (Å²) in [6, 6.07) is 0. The van der Waals surface area contributed by atoms with Gasteiger partial charge in [-0.25, -0.2) is 0 Å². The molecule has 2 bridgehead atoms. The molecule has 3 heteroatoms. The highest BCUT2D eigenvalue weighted by atomic mass is 32.1. The molecule has 3 saturated carbocycles. The van der Waals surface area contributed by atoms with E-state index in [1.165, 1.54) is 25.7 Å². The van der Waals surface area contributed by atoms with Crippen LogP contribution in [0.2, 0.25) is 0 Å². The highest BCUT2D eigenvalue weighted by molar-refractivity contribution is 7.79. The van der Waals surface area contributed by atoms with Gasteiger partial charge in [-0.2, -0.15) is 0 Å². The molecule has 0 radical (unpaired) electrons. The van der Waals surface area contributed by atoms with E-state index >= 15 is 0 Å². The van der Waals surface area contributed by atoms with E-state index in [2.05, 4.69) is 0 Å². The van der Waals surface area contributed by atoms with Crippen LogP contribution in [0.1, 0.15) is 25.7 Å². The van der Waals surface area contributed by atoms with Gasteiger partial charge in [-0.1, -0.05) is 0 Å². The summed E-state index contributed by atoms with van der Waals surface area (Å²) >= 11 is 4.89. The first kappa shape index (κ1) is 7.13. The molecule has 1 heterocycles. The zero-order valence-corrected chi connectivity index (χ0v) is 7.68. The molecule has 2 unspecified atom stereocenters. The van der Waals surface area contributed by atoms with Crippen LogP contribution in [-0.2, 0) is 9.47 Å². The van der Waals surface area contributed by atoms with E-state index in [9.17, 15) is 0 Å². The third kappa shape index (κ3) is 0.954. The largest absolute Gasteiger partial charge is 0.450 e. The van der Waals surface area contributed by atoms with E-state index < -0.39 is 0 Å². The Kier molecular flexibility index (Phi) is 1.39. The van der Waals surface area contributed by atoms with Crippen molar-refractivity contribution in [2.45, 2.75) is 37.9 Å². The van der Waals surface area contributed by atoms with Crippen LogP contribution < -0.4 is 0 Å². The summed E-state index contributed by atoms with van der Waals surface area (Å²) in [5.41, 5.74) is 0. The molecule has 4 rings (SSSR count). The Morgan fingerprint density at radius 1 is 0.917 bits per heavy atom. The lowest BCUT2D eigenvalue weighted by molar-refractivity contribution is 0.146. The molecular formula is C9H12O2S. The van der Waals surface area contributed by atoms with Gasteiger partial charge in [-0.15, -0.1) is 0 Å². The summed E-state index contributed by atoms with van der Waals surface area (Å²) in [5, 5.41) is 0.381. The monoisotopic (exact) mass is 184 g/mol. The van der Waals surface area contributed by atoms with Crippen LogP contribution in [0.25, 0.3) is 0 Å². The fourth-order valence-electron chi connectivity index (χ4n) is 2.74. The molecule has 1 aliphatic heterocycles. The van der Waals surface area contributed by atoms with Crippen LogP contribution in [0.15, 0.2) is 0 Å². The maximum atomic E-state index is 5.45. The van der Waals surface area contributed by atoms with Crippen molar-refractivity contribution in [3.63, 3.8) is 0 Å². The molecule has 4 fully saturated rings. The van der Waals surface area contributed by atoms with E-state index in [0.717, 1.165) is 11.8 Å². The Labute approximate surface area is 77.2 Å². The first-order valence-corrected chi connectivity index (χ1v) is 5.09. The lowest BCUT2D eigenvalue weighted by atomic mass is 9.74. The zero-order chi connectivity index (χ0) is 8.13. The van der Waals surface area contributed by atoms with Crippen molar-refractivity contribution < 1.29 is 9.47 Å². The zero-order valence-electron chi connectivity index (χ0n) is 6.86. The molecule has 0 N–H and O–H groups in total. The lowest BCUT2D eigenvalue weighted by Gasteiger charge is -2.32. The first-order valence-electron chi connectivity index (χ1n) is 4.68. The standard InChI is InChI=1S/C9H12O2S/c12-9-10-7-3-5-1-6(2-5)4-8(7)11-9/h5-8H,1-4H2. The van der Waals surface area contributed by atoms with Gasteiger partial charge >= 0.3 is 5.24 Å². The fraction of sp³-hybridized carbons (Fsp3) is 0.889. The predicted molar refractivity (Wildman–Crippen MR) is 47.8 cm³/mol. The summed E-state index contributed by atoms with van der Waals surface area (Å²) in [7, 11) is 0. The SMILES string of the molecule is S=C1OC2CC3CC(C3)CC2O1. The molecular weight excluding hydrogens is 172 g/mol. The van der Waals surface area contributed by atoms with Crippen LogP contribution in [-0.4, -0.2) is 17.4 Å². The van der Waals surface area contributed by atoms with E-state index in [1.807, 2.05) is 0 Å². The van der Waals surface area contributed by atoms with Crippen LogP contribution in [0.4, 0.5) is 0 Å². The number of ether oxygens (including phenoxy) is 2. The minimum atomic E-state index is 0.287. The molecule has 0 amide bonds. The fourth-order valence-corrected chi connectivity index (χ4v) is 2.99. The minimum Gasteiger partial charge on any atom is -0.450 e. The van der Waals surface area contributed by atoms with E-state index in [-0.39, 0.29) is 12.2 Å². The maximum Gasteiger partial charge on any atom is 0.353 e. The van der Waals surface area contributed by atoms with Gasteiger partial charge in [0, 0.05) is 12.2 Å². The van der Waals surface area contributed by atoms with Gasteiger partial charge in [0.25, 0.3) is 0 Å². The summed E-state index contributed by atoms with van der Waals surface area (Å²) in [5.74, 6) is 1.80. The second-order valence-corrected chi connectivity index (χ2v) is 4.57. The van der Waals surface area contributed by atoms with Crippen LogP contribution in [0.5, 0.6) is 0 Å². The molecule has 12 heavy (non-hydrogen) atoms. The van der Waals surface area contributed by atoms with Crippen molar-refractivity contribution in [3.8, 4) is 0 Å². The summed E-state index contributed by atoms with van der Waals surface area (Å²) in [4.78, 5) is 0. The van der Waals surface area contributed by atoms with Crippen molar-refractivity contribution in [3.05, 3.63) is 0 Å². The summed E-state index contributed by atoms with van der Waals surface area (Å²) in [6.45, 7) is 0. The Balaban J connectivity index is 1.80. The lowest BCUT2D eigenvalue weighted by Crippen LogP contribution is -2.22. The van der Waals surface area contributed by atoms with Crippen molar-refractivity contribution in [2.24, 2.45) is 11.8 Å².